The number of hydrogen-bond donors (Lipinski definition) is 0. The van der Waals surface area contributed by atoms with E-state index in [1.165, 1.54) is 4.57 Å². The van der Waals surface area contributed by atoms with Crippen molar-refractivity contribution < 1.29 is 13.2 Å². The molecule has 0 N–H and O–H groups in total. The zero-order valence-electron chi connectivity index (χ0n) is 13.0. The van der Waals surface area contributed by atoms with Gasteiger partial charge in [0.1, 0.15) is 0 Å². The van der Waals surface area contributed by atoms with Crippen molar-refractivity contribution in [2.75, 3.05) is 0 Å². The van der Waals surface area contributed by atoms with E-state index in [1.54, 1.807) is 12.1 Å². The van der Waals surface area contributed by atoms with Gasteiger partial charge in [-0.05, 0) is 36.5 Å². The van der Waals surface area contributed by atoms with Gasteiger partial charge in [0.2, 0.25) is 0 Å². The van der Waals surface area contributed by atoms with E-state index in [2.05, 4.69) is 0 Å². The molecule has 0 saturated carbocycles. The van der Waals surface area contributed by atoms with Crippen LogP contribution in [0.5, 0.6) is 0 Å². The lowest BCUT2D eigenvalue weighted by Crippen LogP contribution is -2.23. The number of halogens is 3. The third-order valence-electron chi connectivity index (χ3n) is 3.57. The molecule has 2 nitrogen and oxygen atoms in total. The molecule has 0 saturated heterocycles. The normalized spacial score (nSPS) is 12.3. The highest BCUT2D eigenvalue weighted by Crippen LogP contribution is 2.34. The lowest BCUT2D eigenvalue weighted by atomic mass is 9.99. The van der Waals surface area contributed by atoms with Gasteiger partial charge < -0.3 is 4.57 Å². The monoisotopic (exact) mass is 311 g/mol. The van der Waals surface area contributed by atoms with E-state index in [4.69, 9.17) is 0 Å². The van der Waals surface area contributed by atoms with E-state index in [0.717, 1.165) is 11.6 Å². The average Bonchev–Trinajstić information content (AvgIpc) is 2.39. The summed E-state index contributed by atoms with van der Waals surface area (Å²) >= 11 is 0. The smallest absolute Gasteiger partial charge is 0.308 e. The largest absolute Gasteiger partial charge is 0.417 e. The minimum absolute atomic E-state index is 0.110. The second kappa shape index (κ2) is 6.15. The van der Waals surface area contributed by atoms with Crippen molar-refractivity contribution in [1.82, 2.24) is 4.57 Å². The number of aryl methyl sites for hydroxylation is 1. The summed E-state index contributed by atoms with van der Waals surface area (Å²) in [6.07, 6.45) is -3.13. The molecule has 0 spiro atoms. The number of aromatic nitrogens is 1. The van der Waals surface area contributed by atoms with E-state index in [1.807, 2.05) is 26.8 Å². The molecule has 0 aliphatic heterocycles. The second-order valence-electron chi connectivity index (χ2n) is 6.00. The molecule has 2 aromatic rings. The molecule has 0 amide bonds. The number of benzene rings is 1. The van der Waals surface area contributed by atoms with Crippen LogP contribution in [0.15, 0.2) is 29.1 Å². The van der Waals surface area contributed by atoms with Crippen LogP contribution in [0.25, 0.3) is 10.9 Å². The quantitative estimate of drug-likeness (QED) is 0.807. The average molecular weight is 311 g/mol. The molecular formula is C17H20F3NO. The zero-order valence-corrected chi connectivity index (χ0v) is 13.0. The van der Waals surface area contributed by atoms with Crippen LogP contribution in [0, 0.1) is 5.92 Å². The van der Waals surface area contributed by atoms with Crippen LogP contribution in [0.3, 0.4) is 0 Å². The van der Waals surface area contributed by atoms with Crippen LogP contribution in [0.1, 0.15) is 38.3 Å². The minimum atomic E-state index is -4.53. The molecular weight excluding hydrogens is 291 g/mol. The van der Waals surface area contributed by atoms with Gasteiger partial charge >= 0.3 is 6.18 Å². The van der Waals surface area contributed by atoms with E-state index in [9.17, 15) is 18.0 Å². The number of hydrogen-bond acceptors (Lipinski definition) is 1. The molecule has 0 atom stereocenters. The third kappa shape index (κ3) is 3.34. The first-order chi connectivity index (χ1) is 10.2. The Labute approximate surface area is 127 Å². The Kier molecular flexibility index (Phi) is 4.63. The first-order valence-corrected chi connectivity index (χ1v) is 7.47. The highest BCUT2D eigenvalue weighted by atomic mass is 19.4. The van der Waals surface area contributed by atoms with Gasteiger partial charge in [-0.2, -0.15) is 13.2 Å². The van der Waals surface area contributed by atoms with Gasteiger partial charge in [0.05, 0.1) is 11.1 Å². The first-order valence-electron chi connectivity index (χ1n) is 7.47. The molecule has 0 bridgehead atoms. The van der Waals surface area contributed by atoms with Gasteiger partial charge in [0.25, 0.3) is 5.56 Å². The lowest BCUT2D eigenvalue weighted by Gasteiger charge is -2.16. The predicted octanol–water partition coefficient (Wildman–Crippen LogP) is 4.63. The lowest BCUT2D eigenvalue weighted by molar-refractivity contribution is -0.136. The highest BCUT2D eigenvalue weighted by molar-refractivity contribution is 5.84. The van der Waals surface area contributed by atoms with E-state index in [0.29, 0.717) is 30.8 Å². The van der Waals surface area contributed by atoms with Crippen molar-refractivity contribution in [3.8, 4) is 0 Å². The Morgan fingerprint density at radius 1 is 1.18 bits per heavy atom. The molecule has 5 heteroatoms. The highest BCUT2D eigenvalue weighted by Gasteiger charge is 2.33. The maximum absolute atomic E-state index is 13.3. The van der Waals surface area contributed by atoms with Crippen LogP contribution >= 0.6 is 0 Å². The van der Waals surface area contributed by atoms with Gasteiger partial charge in [0.15, 0.2) is 0 Å². The Bertz CT molecular complexity index is 729. The van der Waals surface area contributed by atoms with Gasteiger partial charge in [0, 0.05) is 18.0 Å². The van der Waals surface area contributed by atoms with Crippen molar-refractivity contribution in [1.29, 1.82) is 0 Å². The van der Waals surface area contributed by atoms with E-state index >= 15 is 0 Å². The summed E-state index contributed by atoms with van der Waals surface area (Å²) in [5.41, 5.74) is -0.229. The Morgan fingerprint density at radius 2 is 1.86 bits per heavy atom. The third-order valence-corrected chi connectivity index (χ3v) is 3.57. The Balaban J connectivity index is 2.77. The molecule has 0 fully saturated rings. The fourth-order valence-electron chi connectivity index (χ4n) is 2.72. The summed E-state index contributed by atoms with van der Waals surface area (Å²) in [7, 11) is 0. The molecule has 22 heavy (non-hydrogen) atoms. The van der Waals surface area contributed by atoms with Crippen molar-refractivity contribution in [2.45, 2.75) is 46.3 Å². The molecule has 120 valence electrons. The van der Waals surface area contributed by atoms with E-state index in [-0.39, 0.29) is 5.39 Å². The molecule has 2 rings (SSSR count). The van der Waals surface area contributed by atoms with Crippen LogP contribution in [0.4, 0.5) is 13.2 Å². The molecule has 1 aromatic carbocycles. The van der Waals surface area contributed by atoms with Crippen LogP contribution in [-0.4, -0.2) is 4.57 Å². The number of fused-ring (bicyclic) bond motifs is 1. The predicted molar refractivity (Wildman–Crippen MR) is 82.0 cm³/mol. The summed E-state index contributed by atoms with van der Waals surface area (Å²) in [5, 5.41) is 0.110. The number of nitrogens with zero attached hydrogens (tertiary/aromatic N) is 1. The summed E-state index contributed by atoms with van der Waals surface area (Å²) in [4.78, 5) is 12.0. The summed E-state index contributed by atoms with van der Waals surface area (Å²) in [6, 6.07) is 5.74. The minimum Gasteiger partial charge on any atom is -0.308 e. The van der Waals surface area contributed by atoms with Crippen LogP contribution in [-0.2, 0) is 19.1 Å². The fourth-order valence-corrected chi connectivity index (χ4v) is 2.72. The van der Waals surface area contributed by atoms with Crippen molar-refractivity contribution in [3.05, 3.63) is 45.7 Å². The van der Waals surface area contributed by atoms with Crippen LogP contribution in [0.2, 0.25) is 0 Å². The molecule has 0 radical (unpaired) electrons. The van der Waals surface area contributed by atoms with Gasteiger partial charge in [-0.15, -0.1) is 0 Å². The molecule has 0 unspecified atom stereocenters. The topological polar surface area (TPSA) is 22.0 Å². The van der Waals surface area contributed by atoms with Gasteiger partial charge in [-0.25, -0.2) is 0 Å². The first kappa shape index (κ1) is 16.6. The Hall–Kier alpha value is -1.78. The number of alkyl halides is 3. The van der Waals surface area contributed by atoms with Gasteiger partial charge in [-0.3, -0.25) is 4.79 Å². The molecule has 0 aliphatic carbocycles. The fraction of sp³-hybridized carbons (Fsp3) is 0.471. The molecule has 0 aliphatic rings. The zero-order chi connectivity index (χ0) is 16.5. The summed E-state index contributed by atoms with van der Waals surface area (Å²) in [6.45, 7) is 6.35. The number of rotatable bonds is 4. The second-order valence-corrected chi connectivity index (χ2v) is 6.00. The Morgan fingerprint density at radius 3 is 2.41 bits per heavy atom. The van der Waals surface area contributed by atoms with Gasteiger partial charge in [-0.1, -0.05) is 26.8 Å². The summed E-state index contributed by atoms with van der Waals surface area (Å²) < 4.78 is 41.2. The number of pyridine rings is 1. The van der Waals surface area contributed by atoms with E-state index < -0.39 is 17.3 Å². The standard InChI is InChI=1S/C17H20F3NO/c1-4-7-21-15-6-5-12(8-11(2)3)9-13(15)14(10-16(21)22)17(18,19)20/h5-6,9-11H,4,7-8H2,1-3H3. The van der Waals surface area contributed by atoms with Crippen molar-refractivity contribution >= 4 is 10.9 Å². The van der Waals surface area contributed by atoms with Crippen molar-refractivity contribution in [3.63, 3.8) is 0 Å². The van der Waals surface area contributed by atoms with Crippen LogP contribution < -0.4 is 5.56 Å². The molecule has 1 heterocycles. The summed E-state index contributed by atoms with van der Waals surface area (Å²) in [5.74, 6) is 0.355. The molecule has 1 aromatic heterocycles. The SMILES string of the molecule is CCCn1c(=O)cc(C(F)(F)F)c2cc(CC(C)C)ccc21. The maximum Gasteiger partial charge on any atom is 0.417 e. The van der Waals surface area contributed by atoms with Crippen molar-refractivity contribution in [2.24, 2.45) is 5.92 Å². The maximum atomic E-state index is 13.3.